The Morgan fingerprint density at radius 1 is 1.11 bits per heavy atom. The average Bonchev–Trinajstić information content (AvgIpc) is 2.44. The summed E-state index contributed by atoms with van der Waals surface area (Å²) in [5.74, 6) is 4.25. The fourth-order valence-corrected chi connectivity index (χ4v) is 5.25. The normalized spacial score (nSPS) is 43.5. The van der Waals surface area contributed by atoms with Crippen molar-refractivity contribution in [2.75, 3.05) is 7.11 Å². The van der Waals surface area contributed by atoms with E-state index in [1.165, 1.54) is 31.2 Å². The molecule has 2 nitrogen and oxygen atoms in total. The van der Waals surface area contributed by atoms with Crippen molar-refractivity contribution in [2.24, 2.45) is 23.7 Å². The van der Waals surface area contributed by atoms with Crippen LogP contribution in [0.5, 0.6) is 5.75 Å². The predicted octanol–water partition coefficient (Wildman–Crippen LogP) is 3.21. The van der Waals surface area contributed by atoms with Crippen molar-refractivity contribution in [1.29, 1.82) is 0 Å². The molecular weight excluding hydrogens is 236 g/mol. The van der Waals surface area contributed by atoms with Crippen molar-refractivity contribution in [3.8, 4) is 5.75 Å². The van der Waals surface area contributed by atoms with Gasteiger partial charge in [-0.15, -0.1) is 0 Å². The van der Waals surface area contributed by atoms with Crippen LogP contribution < -0.4 is 4.74 Å². The third kappa shape index (κ3) is 1.73. The van der Waals surface area contributed by atoms with Gasteiger partial charge in [-0.2, -0.15) is 0 Å². The number of hydrogen-bond acceptors (Lipinski definition) is 2. The van der Waals surface area contributed by atoms with E-state index in [1.807, 2.05) is 6.07 Å². The molecule has 1 aromatic rings. The van der Waals surface area contributed by atoms with Gasteiger partial charge in [-0.3, -0.25) is 0 Å². The second-order valence-electron chi connectivity index (χ2n) is 6.79. The van der Waals surface area contributed by atoms with Crippen molar-refractivity contribution in [3.63, 3.8) is 0 Å². The quantitative estimate of drug-likeness (QED) is 0.882. The highest BCUT2D eigenvalue weighted by Crippen LogP contribution is 2.59. The van der Waals surface area contributed by atoms with Gasteiger partial charge in [-0.05, 0) is 73.0 Å². The van der Waals surface area contributed by atoms with Crippen molar-refractivity contribution < 1.29 is 9.84 Å². The lowest BCUT2D eigenvalue weighted by atomic mass is 9.49. The minimum atomic E-state index is -0.0657. The highest BCUT2D eigenvalue weighted by Gasteiger charge is 2.53. The highest BCUT2D eigenvalue weighted by molar-refractivity contribution is 5.33. The zero-order chi connectivity index (χ0) is 13.0. The topological polar surface area (TPSA) is 29.5 Å². The highest BCUT2D eigenvalue weighted by atomic mass is 16.5. The minimum Gasteiger partial charge on any atom is -0.497 e. The van der Waals surface area contributed by atoms with E-state index in [-0.39, 0.29) is 6.10 Å². The molecule has 5 rings (SSSR count). The molecule has 4 bridgehead atoms. The molecule has 19 heavy (non-hydrogen) atoms. The maximum absolute atomic E-state index is 10.6. The molecule has 0 amide bonds. The fourth-order valence-electron chi connectivity index (χ4n) is 5.25. The smallest absolute Gasteiger partial charge is 0.119 e. The molecule has 4 fully saturated rings. The molecule has 4 aliphatic carbocycles. The molecule has 0 heterocycles. The van der Waals surface area contributed by atoms with Gasteiger partial charge in [-0.1, -0.05) is 12.1 Å². The van der Waals surface area contributed by atoms with Crippen molar-refractivity contribution in [2.45, 2.75) is 37.7 Å². The maximum Gasteiger partial charge on any atom is 0.119 e. The van der Waals surface area contributed by atoms with Gasteiger partial charge in [0.25, 0.3) is 0 Å². The maximum atomic E-state index is 10.6. The van der Waals surface area contributed by atoms with Gasteiger partial charge in [-0.25, -0.2) is 0 Å². The summed E-state index contributed by atoms with van der Waals surface area (Å²) in [6, 6.07) is 8.50. The summed E-state index contributed by atoms with van der Waals surface area (Å²) in [5, 5.41) is 10.6. The summed E-state index contributed by atoms with van der Waals surface area (Å²) < 4.78 is 5.36. The average molecular weight is 258 g/mol. The Hall–Kier alpha value is -1.02. The largest absolute Gasteiger partial charge is 0.497 e. The second kappa shape index (κ2) is 4.24. The van der Waals surface area contributed by atoms with Gasteiger partial charge in [0.15, 0.2) is 0 Å². The van der Waals surface area contributed by atoms with Crippen LogP contribution >= 0.6 is 0 Å². The Morgan fingerprint density at radius 2 is 1.95 bits per heavy atom. The number of hydrogen-bond donors (Lipinski definition) is 1. The summed E-state index contributed by atoms with van der Waals surface area (Å²) in [7, 11) is 1.73. The van der Waals surface area contributed by atoms with Gasteiger partial charge in [0.05, 0.1) is 13.2 Å². The zero-order valence-corrected chi connectivity index (χ0v) is 11.5. The molecule has 2 heteroatoms. The van der Waals surface area contributed by atoms with Gasteiger partial charge >= 0.3 is 0 Å². The Bertz CT molecular complexity index is 484. The number of benzene rings is 1. The predicted molar refractivity (Wildman–Crippen MR) is 74.2 cm³/mol. The van der Waals surface area contributed by atoms with E-state index >= 15 is 0 Å². The van der Waals surface area contributed by atoms with E-state index in [1.54, 1.807) is 7.11 Å². The molecule has 1 aromatic carbocycles. The minimum absolute atomic E-state index is 0.0657. The lowest BCUT2D eigenvalue weighted by molar-refractivity contribution is -0.107. The van der Waals surface area contributed by atoms with Gasteiger partial charge < -0.3 is 9.84 Å². The first kappa shape index (κ1) is 11.8. The first-order valence-corrected chi connectivity index (χ1v) is 7.58. The molecule has 0 radical (unpaired) electrons. The van der Waals surface area contributed by atoms with Crippen LogP contribution in [0.2, 0.25) is 0 Å². The second-order valence-corrected chi connectivity index (χ2v) is 6.79. The molecule has 102 valence electrons. The van der Waals surface area contributed by atoms with Crippen molar-refractivity contribution >= 4 is 0 Å². The molecule has 4 aliphatic rings. The van der Waals surface area contributed by atoms with Gasteiger partial charge in [0, 0.05) is 0 Å². The Labute approximate surface area is 114 Å². The summed E-state index contributed by atoms with van der Waals surface area (Å²) in [4.78, 5) is 0. The van der Waals surface area contributed by atoms with E-state index in [0.717, 1.165) is 17.6 Å². The van der Waals surface area contributed by atoms with E-state index in [2.05, 4.69) is 18.2 Å². The van der Waals surface area contributed by atoms with Crippen LogP contribution in [0.15, 0.2) is 24.3 Å². The Balaban J connectivity index is 1.70. The first-order valence-electron chi connectivity index (χ1n) is 7.58. The van der Waals surface area contributed by atoms with Crippen LogP contribution in [0.25, 0.3) is 0 Å². The standard InChI is InChI=1S/C17H22O2/c1-19-14-4-2-3-11(9-14)16-12-5-10-6-13(8-12)17(18)15(16)7-10/h2-4,9-10,12-13,15-18H,5-8H2,1H3/t10-,12+,13-,15+,16-,17+/m0/s1. The summed E-state index contributed by atoms with van der Waals surface area (Å²) >= 11 is 0. The van der Waals surface area contributed by atoms with Crippen LogP contribution in [-0.4, -0.2) is 18.3 Å². The van der Waals surface area contributed by atoms with E-state index in [9.17, 15) is 5.11 Å². The summed E-state index contributed by atoms with van der Waals surface area (Å²) in [6.45, 7) is 0. The first-order chi connectivity index (χ1) is 9.26. The van der Waals surface area contributed by atoms with Crippen molar-refractivity contribution in [3.05, 3.63) is 29.8 Å². The van der Waals surface area contributed by atoms with Crippen molar-refractivity contribution in [1.82, 2.24) is 0 Å². The lowest BCUT2D eigenvalue weighted by Gasteiger charge is -2.57. The molecule has 1 N–H and O–H groups in total. The van der Waals surface area contributed by atoms with Crippen LogP contribution in [0.3, 0.4) is 0 Å². The third-order valence-electron chi connectivity index (χ3n) is 5.85. The van der Waals surface area contributed by atoms with Crippen LogP contribution in [0.1, 0.15) is 37.2 Å². The van der Waals surface area contributed by atoms with Gasteiger partial charge in [0.2, 0.25) is 0 Å². The van der Waals surface area contributed by atoms with E-state index in [0.29, 0.717) is 17.8 Å². The number of methoxy groups -OCH3 is 1. The molecule has 0 aromatic heterocycles. The molecule has 0 aliphatic heterocycles. The fraction of sp³-hybridized carbons (Fsp3) is 0.647. The molecule has 4 saturated carbocycles. The van der Waals surface area contributed by atoms with Crippen LogP contribution in [0, 0.1) is 23.7 Å². The number of ether oxygens (including phenoxy) is 1. The third-order valence-corrected chi connectivity index (χ3v) is 5.85. The molecule has 0 spiro atoms. The van der Waals surface area contributed by atoms with E-state index < -0.39 is 0 Å². The Morgan fingerprint density at radius 3 is 2.79 bits per heavy atom. The molecule has 0 unspecified atom stereocenters. The monoisotopic (exact) mass is 258 g/mol. The SMILES string of the molecule is COc1cccc([C@H]2[C@@H]3C[C@H]4C[C@@H](C3)[C@@H](O)[C@@H]2C4)c1. The molecule has 6 atom stereocenters. The zero-order valence-electron chi connectivity index (χ0n) is 11.5. The van der Waals surface area contributed by atoms with E-state index in [4.69, 9.17) is 4.74 Å². The van der Waals surface area contributed by atoms with Gasteiger partial charge in [0.1, 0.15) is 5.75 Å². The molecular formula is C17H22O2. The summed E-state index contributed by atoms with van der Waals surface area (Å²) in [6.07, 6.45) is 5.05. The molecule has 0 saturated heterocycles. The summed E-state index contributed by atoms with van der Waals surface area (Å²) in [5.41, 5.74) is 1.38. The number of rotatable bonds is 2. The number of aliphatic hydroxyl groups is 1. The lowest BCUT2D eigenvalue weighted by Crippen LogP contribution is -2.52. The van der Waals surface area contributed by atoms with Crippen LogP contribution in [0.4, 0.5) is 0 Å². The Kier molecular flexibility index (Phi) is 2.63. The number of aliphatic hydroxyl groups excluding tert-OH is 1. The van der Waals surface area contributed by atoms with Crippen LogP contribution in [-0.2, 0) is 0 Å².